The molecule has 2 bridgehead atoms. The number of fused-ring (bicyclic) bond motifs is 2. The van der Waals surface area contributed by atoms with Gasteiger partial charge in [0, 0.05) is 11.1 Å². The predicted octanol–water partition coefficient (Wildman–Crippen LogP) is 4.81. The third-order valence-corrected chi connectivity index (χ3v) is 4.78. The molecule has 0 aromatic heterocycles. The molecule has 3 unspecified atom stereocenters. The topological polar surface area (TPSA) is 9.23 Å². The third-order valence-electron chi connectivity index (χ3n) is 4.23. The summed E-state index contributed by atoms with van der Waals surface area (Å²) in [6.45, 7) is 0.793. The van der Waals surface area contributed by atoms with Gasteiger partial charge in [0.25, 0.3) is 0 Å². The molecular weight excluding hydrogens is 255 g/mol. The molecule has 2 saturated carbocycles. The van der Waals surface area contributed by atoms with E-state index in [0.29, 0.717) is 10.0 Å². The zero-order valence-electron chi connectivity index (χ0n) is 9.66. The maximum atomic E-state index is 6.08. The van der Waals surface area contributed by atoms with Crippen molar-refractivity contribution in [1.29, 1.82) is 0 Å². The Labute approximate surface area is 112 Å². The first kappa shape index (κ1) is 11.7. The molecular formula is C14H16Cl2O. The van der Waals surface area contributed by atoms with Gasteiger partial charge in [0.15, 0.2) is 0 Å². The number of ether oxygens (including phenoxy) is 1. The van der Waals surface area contributed by atoms with Crippen LogP contribution in [0.4, 0.5) is 0 Å². The molecule has 0 saturated heterocycles. The van der Waals surface area contributed by atoms with Gasteiger partial charge in [0.2, 0.25) is 0 Å². The van der Waals surface area contributed by atoms with E-state index in [1.807, 2.05) is 0 Å². The monoisotopic (exact) mass is 270 g/mol. The predicted molar refractivity (Wildman–Crippen MR) is 70.9 cm³/mol. The highest BCUT2D eigenvalue weighted by molar-refractivity contribution is 6.34. The number of benzene rings is 1. The average molecular weight is 271 g/mol. The second kappa shape index (κ2) is 4.70. The molecule has 0 heterocycles. The molecule has 92 valence electrons. The fourth-order valence-corrected chi connectivity index (χ4v) is 3.70. The summed E-state index contributed by atoms with van der Waals surface area (Å²) in [4.78, 5) is 0. The molecule has 2 fully saturated rings. The Morgan fingerprint density at radius 3 is 2.76 bits per heavy atom. The lowest BCUT2D eigenvalue weighted by atomic mass is 9.89. The Kier molecular flexibility index (Phi) is 3.23. The van der Waals surface area contributed by atoms with E-state index in [1.165, 1.54) is 25.7 Å². The number of rotatable bonds is 3. The van der Waals surface area contributed by atoms with Crippen molar-refractivity contribution in [3.63, 3.8) is 0 Å². The quantitative estimate of drug-likeness (QED) is 0.766. The Bertz CT molecular complexity index is 419. The maximum absolute atomic E-state index is 6.08. The Morgan fingerprint density at radius 2 is 2.06 bits per heavy atom. The van der Waals surface area contributed by atoms with Crippen LogP contribution in [0.1, 0.15) is 25.7 Å². The van der Waals surface area contributed by atoms with E-state index in [9.17, 15) is 0 Å². The minimum absolute atomic E-state index is 0.651. The van der Waals surface area contributed by atoms with Crippen LogP contribution in [0.2, 0.25) is 10.0 Å². The molecule has 0 aliphatic heterocycles. The molecule has 3 rings (SSSR count). The molecule has 2 aliphatic rings. The molecule has 1 aromatic rings. The summed E-state index contributed by atoms with van der Waals surface area (Å²) in [5, 5.41) is 1.33. The molecule has 0 radical (unpaired) electrons. The summed E-state index contributed by atoms with van der Waals surface area (Å²) < 4.78 is 5.84. The fourth-order valence-electron chi connectivity index (χ4n) is 3.37. The summed E-state index contributed by atoms with van der Waals surface area (Å²) in [6.07, 6.45) is 5.57. The lowest BCUT2D eigenvalue weighted by Crippen LogP contribution is -2.18. The van der Waals surface area contributed by atoms with Gasteiger partial charge in [-0.05, 0) is 49.1 Å². The first-order chi connectivity index (χ1) is 8.22. The molecule has 0 N–H and O–H groups in total. The van der Waals surface area contributed by atoms with Gasteiger partial charge in [-0.2, -0.15) is 0 Å². The average Bonchev–Trinajstić information content (AvgIpc) is 2.92. The van der Waals surface area contributed by atoms with Gasteiger partial charge in [-0.1, -0.05) is 29.6 Å². The SMILES string of the molecule is Clc1ccc(Cl)c(OCC2CC3CCC2C3)c1. The van der Waals surface area contributed by atoms with Crippen LogP contribution in [0.3, 0.4) is 0 Å². The van der Waals surface area contributed by atoms with Crippen molar-refractivity contribution in [2.75, 3.05) is 6.61 Å². The van der Waals surface area contributed by atoms with Gasteiger partial charge < -0.3 is 4.74 Å². The normalized spacial score (nSPS) is 30.8. The van der Waals surface area contributed by atoms with Crippen LogP contribution in [0, 0.1) is 17.8 Å². The molecule has 3 heteroatoms. The van der Waals surface area contributed by atoms with Gasteiger partial charge >= 0.3 is 0 Å². The second-order valence-electron chi connectivity index (χ2n) is 5.32. The molecule has 1 aromatic carbocycles. The number of hydrogen-bond acceptors (Lipinski definition) is 1. The molecule has 0 spiro atoms. The van der Waals surface area contributed by atoms with Gasteiger partial charge in [-0.25, -0.2) is 0 Å². The van der Waals surface area contributed by atoms with Crippen LogP contribution >= 0.6 is 23.2 Å². The standard InChI is InChI=1S/C14H16Cl2O/c15-12-3-4-13(16)14(7-12)17-8-11-6-9-1-2-10(11)5-9/h3-4,7,9-11H,1-2,5-6,8H2. The lowest BCUT2D eigenvalue weighted by Gasteiger charge is -2.22. The Balaban J connectivity index is 1.62. The van der Waals surface area contributed by atoms with Crippen LogP contribution in [-0.4, -0.2) is 6.61 Å². The molecule has 0 amide bonds. The van der Waals surface area contributed by atoms with E-state index in [0.717, 1.165) is 30.1 Å². The summed E-state index contributed by atoms with van der Waals surface area (Å²) in [5.74, 6) is 3.30. The van der Waals surface area contributed by atoms with E-state index in [4.69, 9.17) is 27.9 Å². The smallest absolute Gasteiger partial charge is 0.139 e. The van der Waals surface area contributed by atoms with Crippen molar-refractivity contribution in [3.8, 4) is 5.75 Å². The van der Waals surface area contributed by atoms with Crippen molar-refractivity contribution in [1.82, 2.24) is 0 Å². The van der Waals surface area contributed by atoms with Crippen LogP contribution in [0.5, 0.6) is 5.75 Å². The summed E-state index contributed by atoms with van der Waals surface area (Å²) in [6, 6.07) is 5.38. The summed E-state index contributed by atoms with van der Waals surface area (Å²) in [7, 11) is 0. The second-order valence-corrected chi connectivity index (χ2v) is 6.16. The van der Waals surface area contributed by atoms with E-state index < -0.39 is 0 Å². The van der Waals surface area contributed by atoms with Crippen molar-refractivity contribution in [2.45, 2.75) is 25.7 Å². The fraction of sp³-hybridized carbons (Fsp3) is 0.571. The van der Waals surface area contributed by atoms with E-state index in [1.54, 1.807) is 18.2 Å². The molecule has 1 nitrogen and oxygen atoms in total. The van der Waals surface area contributed by atoms with Crippen molar-refractivity contribution in [3.05, 3.63) is 28.2 Å². The highest BCUT2D eigenvalue weighted by Gasteiger charge is 2.39. The third kappa shape index (κ3) is 2.41. The number of halogens is 2. The zero-order valence-corrected chi connectivity index (χ0v) is 11.2. The van der Waals surface area contributed by atoms with Crippen LogP contribution in [-0.2, 0) is 0 Å². The molecule has 3 atom stereocenters. The highest BCUT2D eigenvalue weighted by Crippen LogP contribution is 2.48. The van der Waals surface area contributed by atoms with Crippen molar-refractivity contribution < 1.29 is 4.74 Å². The van der Waals surface area contributed by atoms with Gasteiger partial charge in [0.05, 0.1) is 11.6 Å². The first-order valence-corrected chi connectivity index (χ1v) is 7.06. The Morgan fingerprint density at radius 1 is 1.18 bits per heavy atom. The summed E-state index contributed by atoms with van der Waals surface area (Å²) >= 11 is 12.0. The largest absolute Gasteiger partial charge is 0.492 e. The maximum Gasteiger partial charge on any atom is 0.139 e. The van der Waals surface area contributed by atoms with Crippen LogP contribution < -0.4 is 4.74 Å². The summed E-state index contributed by atoms with van der Waals surface area (Å²) in [5.41, 5.74) is 0. The van der Waals surface area contributed by atoms with E-state index in [2.05, 4.69) is 0 Å². The minimum atomic E-state index is 0.651. The van der Waals surface area contributed by atoms with Gasteiger partial charge in [0.1, 0.15) is 5.75 Å². The van der Waals surface area contributed by atoms with E-state index in [-0.39, 0.29) is 0 Å². The van der Waals surface area contributed by atoms with Crippen molar-refractivity contribution >= 4 is 23.2 Å². The number of hydrogen-bond donors (Lipinski definition) is 0. The van der Waals surface area contributed by atoms with E-state index >= 15 is 0 Å². The minimum Gasteiger partial charge on any atom is -0.492 e. The lowest BCUT2D eigenvalue weighted by molar-refractivity contribution is 0.195. The van der Waals surface area contributed by atoms with Crippen LogP contribution in [0.25, 0.3) is 0 Å². The Hall–Kier alpha value is -0.400. The molecule has 2 aliphatic carbocycles. The van der Waals surface area contributed by atoms with Crippen molar-refractivity contribution in [2.24, 2.45) is 17.8 Å². The molecule has 17 heavy (non-hydrogen) atoms. The first-order valence-electron chi connectivity index (χ1n) is 6.30. The van der Waals surface area contributed by atoms with Gasteiger partial charge in [-0.3, -0.25) is 0 Å². The van der Waals surface area contributed by atoms with Crippen LogP contribution in [0.15, 0.2) is 18.2 Å². The zero-order chi connectivity index (χ0) is 11.8. The highest BCUT2D eigenvalue weighted by atomic mass is 35.5. The van der Waals surface area contributed by atoms with Gasteiger partial charge in [-0.15, -0.1) is 0 Å².